The molecule has 132 valence electrons. The minimum atomic E-state index is -0.731. The van der Waals surface area contributed by atoms with Crippen molar-refractivity contribution in [1.29, 1.82) is 0 Å². The summed E-state index contributed by atoms with van der Waals surface area (Å²) in [6.45, 7) is 3.16. The fraction of sp³-hybridized carbons (Fsp3) is 0.667. The number of amides is 1. The van der Waals surface area contributed by atoms with Gasteiger partial charge in [-0.2, -0.15) is 0 Å². The molecule has 1 fully saturated rings. The minimum Gasteiger partial charge on any atom is -0.468 e. The molecule has 0 saturated heterocycles. The summed E-state index contributed by atoms with van der Waals surface area (Å²) in [6.07, 6.45) is 3.65. The number of rotatable bonds is 7. The van der Waals surface area contributed by atoms with Crippen molar-refractivity contribution in [3.63, 3.8) is 0 Å². The van der Waals surface area contributed by atoms with Gasteiger partial charge in [-0.15, -0.1) is 5.10 Å². The van der Waals surface area contributed by atoms with Crippen LogP contribution in [-0.2, 0) is 30.4 Å². The second kappa shape index (κ2) is 7.89. The van der Waals surface area contributed by atoms with Crippen molar-refractivity contribution in [2.24, 2.45) is 5.92 Å². The minimum absolute atomic E-state index is 0.0101. The van der Waals surface area contributed by atoms with Gasteiger partial charge in [-0.25, -0.2) is 9.48 Å². The van der Waals surface area contributed by atoms with Crippen molar-refractivity contribution < 1.29 is 23.9 Å². The van der Waals surface area contributed by atoms with Crippen molar-refractivity contribution in [1.82, 2.24) is 20.3 Å². The van der Waals surface area contributed by atoms with Gasteiger partial charge in [0.2, 0.25) is 5.91 Å². The molecule has 0 aliphatic heterocycles. The Labute approximate surface area is 139 Å². The van der Waals surface area contributed by atoms with E-state index in [1.54, 1.807) is 13.8 Å². The number of nitrogens with zero attached hydrogens (tertiary/aromatic N) is 3. The first-order valence-electron chi connectivity index (χ1n) is 7.88. The zero-order chi connectivity index (χ0) is 17.7. The monoisotopic (exact) mass is 338 g/mol. The van der Waals surface area contributed by atoms with Crippen LogP contribution in [-0.4, -0.2) is 46.0 Å². The number of carbonyl (C=O) groups is 3. The zero-order valence-corrected chi connectivity index (χ0v) is 14.0. The molecule has 1 aromatic rings. The fourth-order valence-corrected chi connectivity index (χ4v) is 2.17. The third-order valence-corrected chi connectivity index (χ3v) is 3.97. The Balaban J connectivity index is 1.84. The number of hydrogen-bond donors (Lipinski definition) is 1. The van der Waals surface area contributed by atoms with Gasteiger partial charge in [-0.3, -0.25) is 9.59 Å². The van der Waals surface area contributed by atoms with Gasteiger partial charge in [-0.05, 0) is 26.7 Å². The lowest BCUT2D eigenvalue weighted by Gasteiger charge is -2.25. The van der Waals surface area contributed by atoms with Crippen LogP contribution >= 0.6 is 0 Å². The molecule has 2 rings (SSSR count). The van der Waals surface area contributed by atoms with Crippen molar-refractivity contribution >= 4 is 17.8 Å². The second-order valence-corrected chi connectivity index (χ2v) is 5.85. The van der Waals surface area contributed by atoms with Gasteiger partial charge in [0.05, 0.1) is 13.3 Å². The number of nitrogens with one attached hydrogen (secondary N) is 1. The van der Waals surface area contributed by atoms with Crippen LogP contribution in [0.2, 0.25) is 0 Å². The van der Waals surface area contributed by atoms with Gasteiger partial charge >= 0.3 is 11.9 Å². The van der Waals surface area contributed by atoms with Gasteiger partial charge in [0.15, 0.2) is 0 Å². The number of aromatic nitrogens is 3. The molecular weight excluding hydrogens is 316 g/mol. The summed E-state index contributed by atoms with van der Waals surface area (Å²) in [4.78, 5) is 35.1. The molecule has 1 aliphatic carbocycles. The first-order valence-corrected chi connectivity index (χ1v) is 7.88. The topological polar surface area (TPSA) is 112 Å². The predicted octanol–water partition coefficient (Wildman–Crippen LogP) is 0.360. The highest BCUT2D eigenvalue weighted by atomic mass is 16.5. The predicted molar refractivity (Wildman–Crippen MR) is 81.5 cm³/mol. The van der Waals surface area contributed by atoms with E-state index in [0.29, 0.717) is 5.69 Å². The summed E-state index contributed by atoms with van der Waals surface area (Å²) in [5.74, 6) is -1.10. The maximum absolute atomic E-state index is 12.1. The molecule has 0 aromatic carbocycles. The lowest BCUT2D eigenvalue weighted by molar-refractivity contribution is -0.152. The molecule has 0 radical (unpaired) electrons. The highest BCUT2D eigenvalue weighted by Crippen LogP contribution is 2.26. The normalized spacial score (nSPS) is 16.6. The van der Waals surface area contributed by atoms with E-state index in [1.165, 1.54) is 18.0 Å². The number of hydrogen-bond acceptors (Lipinski definition) is 7. The number of methoxy groups -OCH3 is 1. The number of esters is 2. The Morgan fingerprint density at radius 2 is 2.08 bits per heavy atom. The molecule has 9 nitrogen and oxygen atoms in total. The van der Waals surface area contributed by atoms with Gasteiger partial charge in [0.1, 0.15) is 24.4 Å². The van der Waals surface area contributed by atoms with Gasteiger partial charge in [-0.1, -0.05) is 11.6 Å². The number of ether oxygens (including phenoxy) is 2. The average Bonchev–Trinajstić information content (AvgIpc) is 2.93. The first-order chi connectivity index (χ1) is 11.4. The third kappa shape index (κ3) is 4.53. The summed E-state index contributed by atoms with van der Waals surface area (Å²) in [5, 5.41) is 10.3. The maximum atomic E-state index is 12.1. The van der Waals surface area contributed by atoms with E-state index in [0.717, 1.165) is 19.3 Å². The van der Waals surface area contributed by atoms with Crippen LogP contribution in [0.1, 0.15) is 44.9 Å². The van der Waals surface area contributed by atoms with E-state index in [4.69, 9.17) is 4.74 Å². The van der Waals surface area contributed by atoms with Crippen molar-refractivity contribution in [2.75, 3.05) is 7.11 Å². The smallest absolute Gasteiger partial charge is 0.329 e. The highest BCUT2D eigenvalue weighted by molar-refractivity contribution is 5.85. The summed E-state index contributed by atoms with van der Waals surface area (Å²) in [5.41, 5.74) is 0.407. The lowest BCUT2D eigenvalue weighted by Crippen LogP contribution is -2.44. The van der Waals surface area contributed by atoms with Crippen LogP contribution < -0.4 is 5.32 Å². The molecule has 1 aliphatic rings. The van der Waals surface area contributed by atoms with Gasteiger partial charge in [0, 0.05) is 5.92 Å². The Kier molecular flexibility index (Phi) is 5.88. The van der Waals surface area contributed by atoms with Crippen LogP contribution in [0.25, 0.3) is 0 Å². The van der Waals surface area contributed by atoms with Crippen LogP contribution in [0.3, 0.4) is 0 Å². The van der Waals surface area contributed by atoms with Crippen LogP contribution in [0.15, 0.2) is 6.20 Å². The molecule has 1 N–H and O–H groups in total. The van der Waals surface area contributed by atoms with E-state index in [-0.39, 0.29) is 18.4 Å². The largest absolute Gasteiger partial charge is 0.468 e. The fourth-order valence-electron chi connectivity index (χ4n) is 2.17. The summed E-state index contributed by atoms with van der Waals surface area (Å²) >= 11 is 0. The van der Waals surface area contributed by atoms with Crippen molar-refractivity contribution in [2.45, 2.75) is 51.8 Å². The van der Waals surface area contributed by atoms with Crippen LogP contribution in [0.5, 0.6) is 0 Å². The molecule has 2 atom stereocenters. The molecule has 0 bridgehead atoms. The first kappa shape index (κ1) is 17.9. The Hall–Kier alpha value is -2.45. The van der Waals surface area contributed by atoms with Crippen molar-refractivity contribution in [3.8, 4) is 0 Å². The molecule has 0 unspecified atom stereocenters. The van der Waals surface area contributed by atoms with E-state index < -0.39 is 24.1 Å². The molecule has 1 saturated carbocycles. The van der Waals surface area contributed by atoms with E-state index in [9.17, 15) is 14.4 Å². The lowest BCUT2D eigenvalue weighted by atomic mass is 9.84. The van der Waals surface area contributed by atoms with Crippen LogP contribution in [0.4, 0.5) is 0 Å². The molecule has 1 amide bonds. The van der Waals surface area contributed by atoms with Crippen molar-refractivity contribution in [3.05, 3.63) is 11.9 Å². The number of carbonyl (C=O) groups excluding carboxylic acids is 3. The second-order valence-electron chi connectivity index (χ2n) is 5.85. The highest BCUT2D eigenvalue weighted by Gasteiger charge is 2.28. The Bertz CT molecular complexity index is 611. The zero-order valence-electron chi connectivity index (χ0n) is 14.0. The standard InChI is InChI=1S/C15H22N4O5/c1-9(16-14(21)11-5-4-6-11)15(22)24-10(2)12-7-19(18-17-12)8-13(20)23-3/h7,9-11H,4-6,8H2,1-3H3,(H,16,21)/t9-,10+/m0/s1. The molecule has 24 heavy (non-hydrogen) atoms. The van der Waals surface area contributed by atoms with E-state index in [2.05, 4.69) is 20.4 Å². The summed E-state index contributed by atoms with van der Waals surface area (Å²) < 4.78 is 11.1. The molecule has 0 spiro atoms. The molecule has 1 aromatic heterocycles. The SMILES string of the molecule is COC(=O)Cn1cc([C@@H](C)OC(=O)[C@H](C)NC(=O)C2CCC2)nn1. The molecule has 1 heterocycles. The Morgan fingerprint density at radius 1 is 1.38 bits per heavy atom. The Morgan fingerprint density at radius 3 is 2.67 bits per heavy atom. The summed E-state index contributed by atoms with van der Waals surface area (Å²) in [6, 6.07) is -0.731. The van der Waals surface area contributed by atoms with Gasteiger partial charge in [0.25, 0.3) is 0 Å². The molecule has 9 heteroatoms. The van der Waals surface area contributed by atoms with Gasteiger partial charge < -0.3 is 14.8 Å². The van der Waals surface area contributed by atoms with Crippen LogP contribution in [0, 0.1) is 5.92 Å². The van der Waals surface area contributed by atoms with E-state index >= 15 is 0 Å². The quantitative estimate of drug-likeness (QED) is 0.714. The third-order valence-electron chi connectivity index (χ3n) is 3.97. The molecular formula is C15H22N4O5. The van der Waals surface area contributed by atoms with E-state index in [1.807, 2.05) is 0 Å². The summed E-state index contributed by atoms with van der Waals surface area (Å²) in [7, 11) is 1.28. The average molecular weight is 338 g/mol. The maximum Gasteiger partial charge on any atom is 0.329 e.